The number of ether oxygens (including phenoxy) is 1. The average molecular weight is 295 g/mol. The van der Waals surface area contributed by atoms with Gasteiger partial charge < -0.3 is 15.0 Å². The van der Waals surface area contributed by atoms with Crippen LogP contribution in [-0.2, 0) is 4.79 Å². The summed E-state index contributed by atoms with van der Waals surface area (Å²) in [6.07, 6.45) is 1.14. The largest absolute Gasteiger partial charge is 0.493 e. The molecule has 0 radical (unpaired) electrons. The normalized spacial score (nSPS) is 10.0. The summed E-state index contributed by atoms with van der Waals surface area (Å²) in [4.78, 5) is 23.4. The predicted octanol–water partition coefficient (Wildman–Crippen LogP) is 2.27. The number of carbonyl (C=O) groups excluding carboxylic acids is 1. The fourth-order valence-corrected chi connectivity index (χ4v) is 1.63. The summed E-state index contributed by atoms with van der Waals surface area (Å²) in [5.74, 6) is 0.447. The summed E-state index contributed by atoms with van der Waals surface area (Å²) >= 11 is 0. The zero-order valence-corrected chi connectivity index (χ0v) is 12.6. The summed E-state index contributed by atoms with van der Waals surface area (Å²) in [5, 5.41) is 13.9. The number of nitro groups is 1. The van der Waals surface area contributed by atoms with Gasteiger partial charge in [0.05, 0.1) is 17.6 Å². The fraction of sp³-hybridized carbons (Fsp3) is 0.500. The molecule has 7 heteroatoms. The van der Waals surface area contributed by atoms with Gasteiger partial charge in [0, 0.05) is 44.9 Å². The van der Waals surface area contributed by atoms with Gasteiger partial charge in [0.2, 0.25) is 5.91 Å². The predicted molar refractivity (Wildman–Crippen MR) is 80.7 cm³/mol. The first-order valence-electron chi connectivity index (χ1n) is 6.80. The van der Waals surface area contributed by atoms with E-state index in [1.807, 2.05) is 6.92 Å². The molecule has 0 atom stereocenters. The lowest BCUT2D eigenvalue weighted by Gasteiger charge is -2.12. The highest BCUT2D eigenvalue weighted by Crippen LogP contribution is 2.26. The van der Waals surface area contributed by atoms with Crippen LogP contribution in [0.5, 0.6) is 5.75 Å². The highest BCUT2D eigenvalue weighted by Gasteiger charge is 2.11. The summed E-state index contributed by atoms with van der Waals surface area (Å²) < 4.78 is 5.43. The molecule has 7 nitrogen and oxygen atoms in total. The van der Waals surface area contributed by atoms with Crippen molar-refractivity contribution in [3.8, 4) is 5.75 Å². The standard InChI is InChI=1S/C14H21N3O4/c1-4-7-21-13-9-11(8-12(10-13)17(19)20)15-6-5-14(18)16(2)3/h8-10,15H,4-7H2,1-3H3. The second kappa shape index (κ2) is 8.08. The van der Waals surface area contributed by atoms with Gasteiger partial charge in [-0.1, -0.05) is 6.92 Å². The Morgan fingerprint density at radius 3 is 2.67 bits per heavy atom. The van der Waals surface area contributed by atoms with E-state index in [2.05, 4.69) is 5.32 Å². The van der Waals surface area contributed by atoms with Gasteiger partial charge >= 0.3 is 0 Å². The molecule has 1 aromatic rings. The summed E-state index contributed by atoms with van der Waals surface area (Å²) in [7, 11) is 3.37. The Kier molecular flexibility index (Phi) is 6.45. The summed E-state index contributed by atoms with van der Waals surface area (Å²) in [5.41, 5.74) is 0.534. The van der Waals surface area contributed by atoms with Gasteiger partial charge in [0.25, 0.3) is 5.69 Å². The molecule has 0 fully saturated rings. The third-order valence-electron chi connectivity index (χ3n) is 2.74. The SMILES string of the molecule is CCCOc1cc(NCCC(=O)N(C)C)cc([N+](=O)[O-])c1. The number of carbonyl (C=O) groups is 1. The van der Waals surface area contributed by atoms with Gasteiger partial charge in [-0.2, -0.15) is 0 Å². The van der Waals surface area contributed by atoms with E-state index in [9.17, 15) is 14.9 Å². The molecule has 1 rings (SSSR count). The van der Waals surface area contributed by atoms with Gasteiger partial charge in [-0.05, 0) is 6.42 Å². The van der Waals surface area contributed by atoms with Gasteiger partial charge in [0.1, 0.15) is 5.75 Å². The highest BCUT2D eigenvalue weighted by atomic mass is 16.6. The topological polar surface area (TPSA) is 84.7 Å². The van der Waals surface area contributed by atoms with Crippen LogP contribution in [0.2, 0.25) is 0 Å². The molecule has 1 N–H and O–H groups in total. The molecule has 0 aromatic heterocycles. The van der Waals surface area contributed by atoms with Crippen molar-refractivity contribution in [3.63, 3.8) is 0 Å². The minimum absolute atomic E-state index is 0.00427. The van der Waals surface area contributed by atoms with E-state index >= 15 is 0 Å². The van der Waals surface area contributed by atoms with E-state index < -0.39 is 4.92 Å². The zero-order valence-electron chi connectivity index (χ0n) is 12.6. The van der Waals surface area contributed by atoms with Crippen molar-refractivity contribution in [2.75, 3.05) is 32.6 Å². The Morgan fingerprint density at radius 2 is 2.10 bits per heavy atom. The lowest BCUT2D eigenvalue weighted by molar-refractivity contribution is -0.384. The molecule has 0 bridgehead atoms. The Labute approximate surface area is 124 Å². The van der Waals surface area contributed by atoms with Crippen LogP contribution in [0.3, 0.4) is 0 Å². The van der Waals surface area contributed by atoms with Gasteiger partial charge in [-0.15, -0.1) is 0 Å². The van der Waals surface area contributed by atoms with E-state index in [0.717, 1.165) is 6.42 Å². The summed E-state index contributed by atoms with van der Waals surface area (Å²) in [6.45, 7) is 2.87. The lowest BCUT2D eigenvalue weighted by Crippen LogP contribution is -2.23. The molecule has 21 heavy (non-hydrogen) atoms. The maximum atomic E-state index is 11.5. The first-order chi connectivity index (χ1) is 9.93. The zero-order chi connectivity index (χ0) is 15.8. The Morgan fingerprint density at radius 1 is 1.38 bits per heavy atom. The number of rotatable bonds is 8. The third-order valence-corrected chi connectivity index (χ3v) is 2.74. The van der Waals surface area contributed by atoms with Gasteiger partial charge in [-0.3, -0.25) is 14.9 Å². The van der Waals surface area contributed by atoms with E-state index in [-0.39, 0.29) is 11.6 Å². The Hall–Kier alpha value is -2.31. The molecular formula is C14H21N3O4. The van der Waals surface area contributed by atoms with Crippen LogP contribution >= 0.6 is 0 Å². The number of nitro benzene ring substituents is 1. The van der Waals surface area contributed by atoms with Crippen molar-refractivity contribution in [2.45, 2.75) is 19.8 Å². The lowest BCUT2D eigenvalue weighted by atomic mass is 10.2. The smallest absolute Gasteiger partial charge is 0.275 e. The van der Waals surface area contributed by atoms with E-state index in [1.54, 1.807) is 20.2 Å². The molecular weight excluding hydrogens is 274 g/mol. The van der Waals surface area contributed by atoms with Crippen LogP contribution in [0.25, 0.3) is 0 Å². The molecule has 0 saturated heterocycles. The monoisotopic (exact) mass is 295 g/mol. The number of hydrogen-bond donors (Lipinski definition) is 1. The molecule has 1 aromatic carbocycles. The molecule has 1 amide bonds. The minimum Gasteiger partial charge on any atom is -0.493 e. The number of hydrogen-bond acceptors (Lipinski definition) is 5. The van der Waals surface area contributed by atoms with Crippen molar-refractivity contribution < 1.29 is 14.5 Å². The molecule has 116 valence electrons. The van der Waals surface area contributed by atoms with E-state index in [0.29, 0.717) is 31.0 Å². The quantitative estimate of drug-likeness (QED) is 0.587. The van der Waals surface area contributed by atoms with Crippen molar-refractivity contribution in [1.82, 2.24) is 4.90 Å². The minimum atomic E-state index is -0.463. The Bertz CT molecular complexity index is 503. The van der Waals surface area contributed by atoms with Crippen LogP contribution in [0, 0.1) is 10.1 Å². The van der Waals surface area contributed by atoms with Crippen LogP contribution in [0.4, 0.5) is 11.4 Å². The first kappa shape index (κ1) is 16.7. The van der Waals surface area contributed by atoms with Crippen molar-refractivity contribution in [2.24, 2.45) is 0 Å². The number of non-ortho nitro benzene ring substituents is 1. The van der Waals surface area contributed by atoms with Crippen LogP contribution < -0.4 is 10.1 Å². The molecule has 0 unspecified atom stereocenters. The van der Waals surface area contributed by atoms with Gasteiger partial charge in [-0.25, -0.2) is 0 Å². The maximum absolute atomic E-state index is 11.5. The number of anilines is 1. The Balaban J connectivity index is 2.73. The molecule has 0 aliphatic rings. The number of nitrogens with one attached hydrogen (secondary N) is 1. The molecule has 0 aliphatic carbocycles. The number of amides is 1. The molecule has 0 saturated carbocycles. The van der Waals surface area contributed by atoms with Crippen LogP contribution in [0.1, 0.15) is 19.8 Å². The molecule has 0 heterocycles. The molecule has 0 aliphatic heterocycles. The number of benzene rings is 1. The third kappa shape index (κ3) is 5.68. The van der Waals surface area contributed by atoms with Crippen molar-refractivity contribution in [3.05, 3.63) is 28.3 Å². The maximum Gasteiger partial charge on any atom is 0.275 e. The van der Waals surface area contributed by atoms with Crippen LogP contribution in [-0.4, -0.2) is 43.0 Å². The molecule has 0 spiro atoms. The van der Waals surface area contributed by atoms with Crippen molar-refractivity contribution in [1.29, 1.82) is 0 Å². The summed E-state index contributed by atoms with van der Waals surface area (Å²) in [6, 6.07) is 4.52. The van der Waals surface area contributed by atoms with Crippen LogP contribution in [0.15, 0.2) is 18.2 Å². The van der Waals surface area contributed by atoms with E-state index in [4.69, 9.17) is 4.74 Å². The second-order valence-corrected chi connectivity index (χ2v) is 4.79. The van der Waals surface area contributed by atoms with E-state index in [1.165, 1.54) is 17.0 Å². The van der Waals surface area contributed by atoms with Gasteiger partial charge in [0.15, 0.2) is 0 Å². The first-order valence-corrected chi connectivity index (χ1v) is 6.80. The second-order valence-electron chi connectivity index (χ2n) is 4.79. The average Bonchev–Trinajstić information content (AvgIpc) is 2.44. The van der Waals surface area contributed by atoms with Crippen molar-refractivity contribution >= 4 is 17.3 Å². The number of nitrogens with zero attached hydrogens (tertiary/aromatic N) is 2. The highest BCUT2D eigenvalue weighted by molar-refractivity contribution is 5.76. The fourth-order valence-electron chi connectivity index (χ4n) is 1.63.